The Morgan fingerprint density at radius 3 is 2.20 bits per heavy atom. The van der Waals surface area contributed by atoms with E-state index in [1.807, 2.05) is 0 Å². The fourth-order valence-electron chi connectivity index (χ4n) is 2.64. The van der Waals surface area contributed by atoms with Crippen molar-refractivity contribution >= 4 is 17.7 Å². The van der Waals surface area contributed by atoms with Gasteiger partial charge in [0.25, 0.3) is 0 Å². The van der Waals surface area contributed by atoms with E-state index >= 15 is 0 Å². The topological polar surface area (TPSA) is 70.1 Å². The summed E-state index contributed by atoms with van der Waals surface area (Å²) in [7, 11) is 0. The van der Waals surface area contributed by atoms with Gasteiger partial charge >= 0.3 is 12.1 Å². The lowest BCUT2D eigenvalue weighted by Crippen LogP contribution is -2.39. The molecular weight excluding hydrogens is 334 g/mol. The highest BCUT2D eigenvalue weighted by Gasteiger charge is 2.27. The van der Waals surface area contributed by atoms with Gasteiger partial charge in [0.05, 0.1) is 5.56 Å². The number of carbonyl (C=O) groups excluding carboxylic acids is 1. The van der Waals surface area contributed by atoms with Gasteiger partial charge in [-0.25, -0.2) is 18.4 Å². The monoisotopic (exact) mass is 356 g/mol. The summed E-state index contributed by atoms with van der Waals surface area (Å²) in [6.07, 6.45) is 0.0511. The highest BCUT2D eigenvalue weighted by atomic mass is 19.1. The smallest absolute Gasteiger partial charge is 0.410 e. The van der Waals surface area contributed by atoms with Gasteiger partial charge in [0.2, 0.25) is 0 Å². The van der Waals surface area contributed by atoms with Gasteiger partial charge in [0, 0.05) is 26.2 Å². The third-order valence-corrected chi connectivity index (χ3v) is 3.73. The molecule has 6 nitrogen and oxygen atoms in total. The predicted molar refractivity (Wildman–Crippen MR) is 88.0 cm³/mol. The first-order valence-corrected chi connectivity index (χ1v) is 8.03. The van der Waals surface area contributed by atoms with Crippen LogP contribution < -0.4 is 4.90 Å². The fourth-order valence-corrected chi connectivity index (χ4v) is 2.64. The molecule has 1 aromatic carbocycles. The normalized spacial score (nSPS) is 15.7. The Kier molecular flexibility index (Phi) is 5.49. The Morgan fingerprint density at radius 1 is 1.08 bits per heavy atom. The fraction of sp³-hybridized carbons (Fsp3) is 0.529. The highest BCUT2D eigenvalue weighted by molar-refractivity contribution is 5.88. The molecule has 0 atom stereocenters. The molecule has 1 aliphatic rings. The molecule has 0 aliphatic carbocycles. The molecule has 0 spiro atoms. The molecule has 0 radical (unpaired) electrons. The van der Waals surface area contributed by atoms with Crippen LogP contribution in [-0.4, -0.2) is 53.8 Å². The van der Waals surface area contributed by atoms with Crippen molar-refractivity contribution in [2.75, 3.05) is 31.1 Å². The Balaban J connectivity index is 2.14. The summed E-state index contributed by atoms with van der Waals surface area (Å²) in [5, 5.41) is 8.86. The summed E-state index contributed by atoms with van der Waals surface area (Å²) in [4.78, 5) is 26.0. The van der Waals surface area contributed by atoms with Crippen LogP contribution in [0.5, 0.6) is 0 Å². The van der Waals surface area contributed by atoms with Crippen molar-refractivity contribution in [3.05, 3.63) is 29.3 Å². The Morgan fingerprint density at radius 2 is 1.68 bits per heavy atom. The Labute approximate surface area is 145 Å². The number of carbonyl (C=O) groups is 2. The standard InChI is InChI=1S/C17H22F2N2O4/c1-17(2,3)25-16(24)21-6-4-5-20(7-8-21)14-12(18)9-11(15(22)23)10-13(14)19/h9-10H,4-8H2,1-3H3,(H,22,23). The van der Waals surface area contributed by atoms with E-state index in [1.54, 1.807) is 20.8 Å². The number of hydrogen-bond donors (Lipinski definition) is 1. The number of carboxylic acid groups (broad SMARTS) is 1. The van der Waals surface area contributed by atoms with E-state index in [2.05, 4.69) is 0 Å². The molecule has 1 heterocycles. The Hall–Kier alpha value is -2.38. The number of aromatic carboxylic acids is 1. The minimum atomic E-state index is -1.39. The Bertz CT molecular complexity index is 650. The van der Waals surface area contributed by atoms with Crippen molar-refractivity contribution in [2.24, 2.45) is 0 Å². The first kappa shape index (κ1) is 19.0. The lowest BCUT2D eigenvalue weighted by molar-refractivity contribution is 0.0263. The summed E-state index contributed by atoms with van der Waals surface area (Å²) >= 11 is 0. The third-order valence-electron chi connectivity index (χ3n) is 3.73. The van der Waals surface area contributed by atoms with Crippen LogP contribution in [0.2, 0.25) is 0 Å². The number of anilines is 1. The van der Waals surface area contributed by atoms with Gasteiger partial charge < -0.3 is 19.6 Å². The SMILES string of the molecule is CC(C)(C)OC(=O)N1CCCN(c2c(F)cc(C(=O)O)cc2F)CC1. The maximum Gasteiger partial charge on any atom is 0.410 e. The average molecular weight is 356 g/mol. The zero-order valence-corrected chi connectivity index (χ0v) is 14.5. The molecule has 1 amide bonds. The summed E-state index contributed by atoms with van der Waals surface area (Å²) in [5.74, 6) is -3.25. The maximum absolute atomic E-state index is 14.2. The molecule has 0 bridgehead atoms. The molecule has 25 heavy (non-hydrogen) atoms. The second-order valence-electron chi connectivity index (χ2n) is 6.90. The van der Waals surface area contributed by atoms with Crippen molar-refractivity contribution in [3.8, 4) is 0 Å². The molecule has 1 saturated heterocycles. The van der Waals surface area contributed by atoms with Crippen molar-refractivity contribution in [1.29, 1.82) is 0 Å². The number of nitrogens with zero attached hydrogens (tertiary/aromatic N) is 2. The van der Waals surface area contributed by atoms with E-state index in [1.165, 1.54) is 9.80 Å². The van der Waals surface area contributed by atoms with Gasteiger partial charge in [0.1, 0.15) is 22.9 Å². The summed E-state index contributed by atoms with van der Waals surface area (Å²) in [6, 6.07) is 1.61. The second-order valence-corrected chi connectivity index (χ2v) is 6.90. The van der Waals surface area contributed by atoms with E-state index in [0.717, 1.165) is 12.1 Å². The molecule has 138 valence electrons. The summed E-state index contributed by atoms with van der Waals surface area (Å²) in [5.41, 5.74) is -1.33. The molecule has 8 heteroatoms. The molecular formula is C17H22F2N2O4. The van der Waals surface area contributed by atoms with Crippen LogP contribution in [0.25, 0.3) is 0 Å². The van der Waals surface area contributed by atoms with Crippen LogP contribution in [-0.2, 0) is 4.74 Å². The quantitative estimate of drug-likeness (QED) is 0.882. The van der Waals surface area contributed by atoms with E-state index in [0.29, 0.717) is 19.5 Å². The zero-order chi connectivity index (χ0) is 18.8. The number of carboxylic acids is 1. The molecule has 0 unspecified atom stereocenters. The first-order valence-electron chi connectivity index (χ1n) is 8.03. The molecule has 0 aromatic heterocycles. The minimum Gasteiger partial charge on any atom is -0.478 e. The van der Waals surface area contributed by atoms with Gasteiger partial charge in [-0.15, -0.1) is 0 Å². The highest BCUT2D eigenvalue weighted by Crippen LogP contribution is 2.26. The van der Waals surface area contributed by atoms with Crippen LogP contribution in [0.4, 0.5) is 19.3 Å². The number of halogens is 2. The van der Waals surface area contributed by atoms with Crippen molar-refractivity contribution in [2.45, 2.75) is 32.8 Å². The molecule has 1 fully saturated rings. The van der Waals surface area contributed by atoms with E-state index in [9.17, 15) is 18.4 Å². The number of amides is 1. The molecule has 1 aliphatic heterocycles. The van der Waals surface area contributed by atoms with Crippen LogP contribution in [0.1, 0.15) is 37.6 Å². The third kappa shape index (κ3) is 4.80. The second kappa shape index (κ2) is 7.25. The van der Waals surface area contributed by atoms with Gasteiger partial charge in [-0.1, -0.05) is 0 Å². The van der Waals surface area contributed by atoms with Gasteiger partial charge in [-0.3, -0.25) is 0 Å². The van der Waals surface area contributed by atoms with Crippen molar-refractivity contribution < 1.29 is 28.2 Å². The number of benzene rings is 1. The van der Waals surface area contributed by atoms with Gasteiger partial charge in [-0.2, -0.15) is 0 Å². The lowest BCUT2D eigenvalue weighted by atomic mass is 10.1. The molecule has 2 rings (SSSR count). The first-order chi connectivity index (χ1) is 11.6. The average Bonchev–Trinajstić information content (AvgIpc) is 2.70. The maximum atomic E-state index is 14.2. The number of hydrogen-bond acceptors (Lipinski definition) is 4. The van der Waals surface area contributed by atoms with Crippen LogP contribution in [0.3, 0.4) is 0 Å². The van der Waals surface area contributed by atoms with Gasteiger partial charge in [0.15, 0.2) is 0 Å². The van der Waals surface area contributed by atoms with Crippen LogP contribution in [0.15, 0.2) is 12.1 Å². The van der Waals surface area contributed by atoms with E-state index in [-0.39, 0.29) is 18.8 Å². The van der Waals surface area contributed by atoms with Crippen molar-refractivity contribution in [3.63, 3.8) is 0 Å². The van der Waals surface area contributed by atoms with E-state index < -0.39 is 34.9 Å². The summed E-state index contributed by atoms with van der Waals surface area (Å²) in [6.45, 7) is 6.55. The van der Waals surface area contributed by atoms with Gasteiger partial charge in [-0.05, 0) is 39.3 Å². The zero-order valence-electron chi connectivity index (χ0n) is 14.5. The van der Waals surface area contributed by atoms with Crippen LogP contribution >= 0.6 is 0 Å². The number of rotatable bonds is 2. The summed E-state index contributed by atoms with van der Waals surface area (Å²) < 4.78 is 33.8. The molecule has 1 N–H and O–H groups in total. The molecule has 0 saturated carbocycles. The lowest BCUT2D eigenvalue weighted by Gasteiger charge is -2.27. The largest absolute Gasteiger partial charge is 0.478 e. The molecule has 1 aromatic rings. The van der Waals surface area contributed by atoms with Crippen molar-refractivity contribution in [1.82, 2.24) is 4.90 Å². The minimum absolute atomic E-state index is 0.222. The number of ether oxygens (including phenoxy) is 1. The van der Waals surface area contributed by atoms with E-state index in [4.69, 9.17) is 9.84 Å². The van der Waals surface area contributed by atoms with Crippen LogP contribution in [0, 0.1) is 11.6 Å². The predicted octanol–water partition coefficient (Wildman–Crippen LogP) is 3.11.